The van der Waals surface area contributed by atoms with Crippen molar-refractivity contribution in [1.82, 2.24) is 14.7 Å². The molecule has 22 heavy (non-hydrogen) atoms. The monoisotopic (exact) mass is 365 g/mol. The summed E-state index contributed by atoms with van der Waals surface area (Å²) in [4.78, 5) is 14.3. The second-order valence-corrected chi connectivity index (χ2v) is 6.55. The SMILES string of the molecule is Cc1nn(Cc2ccc(C(=O)N3CCCCC3)o2)c(C)c1Br. The number of carbonyl (C=O) groups excluding carboxylic acids is 1. The summed E-state index contributed by atoms with van der Waals surface area (Å²) in [6.07, 6.45) is 3.37. The second kappa shape index (κ2) is 6.28. The van der Waals surface area contributed by atoms with Crippen LogP contribution in [0.15, 0.2) is 21.0 Å². The molecule has 6 heteroatoms. The number of rotatable bonds is 3. The molecular weight excluding hydrogens is 346 g/mol. The predicted molar refractivity (Wildman–Crippen MR) is 87.0 cm³/mol. The van der Waals surface area contributed by atoms with Crippen molar-refractivity contribution in [2.75, 3.05) is 13.1 Å². The van der Waals surface area contributed by atoms with Gasteiger partial charge in [-0.15, -0.1) is 0 Å². The van der Waals surface area contributed by atoms with Crippen LogP contribution in [0.3, 0.4) is 0 Å². The molecule has 3 heterocycles. The van der Waals surface area contributed by atoms with E-state index in [0.29, 0.717) is 12.3 Å². The van der Waals surface area contributed by atoms with E-state index in [4.69, 9.17) is 4.42 Å². The number of furan rings is 1. The van der Waals surface area contributed by atoms with Gasteiger partial charge in [0.05, 0.1) is 22.4 Å². The van der Waals surface area contributed by atoms with Gasteiger partial charge < -0.3 is 9.32 Å². The van der Waals surface area contributed by atoms with Gasteiger partial charge in [-0.2, -0.15) is 5.10 Å². The molecule has 0 bridgehead atoms. The molecule has 0 atom stereocenters. The number of hydrogen-bond donors (Lipinski definition) is 0. The van der Waals surface area contributed by atoms with Gasteiger partial charge in [-0.25, -0.2) is 0 Å². The first-order chi connectivity index (χ1) is 10.6. The van der Waals surface area contributed by atoms with Gasteiger partial charge in [0.2, 0.25) is 0 Å². The van der Waals surface area contributed by atoms with Crippen LogP contribution < -0.4 is 0 Å². The summed E-state index contributed by atoms with van der Waals surface area (Å²) in [5, 5.41) is 4.46. The lowest BCUT2D eigenvalue weighted by molar-refractivity contribution is 0.0690. The third kappa shape index (κ3) is 2.97. The molecule has 1 fully saturated rings. The van der Waals surface area contributed by atoms with Gasteiger partial charge >= 0.3 is 0 Å². The van der Waals surface area contributed by atoms with Crippen molar-refractivity contribution in [3.05, 3.63) is 39.5 Å². The Morgan fingerprint density at radius 1 is 1.27 bits per heavy atom. The number of aryl methyl sites for hydroxylation is 1. The van der Waals surface area contributed by atoms with Crippen molar-refractivity contribution in [3.8, 4) is 0 Å². The second-order valence-electron chi connectivity index (χ2n) is 5.76. The summed E-state index contributed by atoms with van der Waals surface area (Å²) in [5.41, 5.74) is 2.01. The summed E-state index contributed by atoms with van der Waals surface area (Å²) >= 11 is 3.52. The molecule has 1 aliphatic heterocycles. The van der Waals surface area contributed by atoms with Gasteiger partial charge in [-0.1, -0.05) is 0 Å². The van der Waals surface area contributed by atoms with Crippen LogP contribution in [0.2, 0.25) is 0 Å². The van der Waals surface area contributed by atoms with Crippen LogP contribution in [0, 0.1) is 13.8 Å². The fourth-order valence-corrected chi connectivity index (χ4v) is 3.09. The van der Waals surface area contributed by atoms with Crippen LogP contribution in [0.1, 0.15) is 47.0 Å². The average molecular weight is 366 g/mol. The molecule has 0 saturated carbocycles. The number of hydrogen-bond acceptors (Lipinski definition) is 3. The molecule has 0 aliphatic carbocycles. The van der Waals surface area contributed by atoms with Crippen molar-refractivity contribution in [1.29, 1.82) is 0 Å². The first-order valence-corrected chi connectivity index (χ1v) is 8.43. The quantitative estimate of drug-likeness (QED) is 0.835. The van der Waals surface area contributed by atoms with Gasteiger partial charge in [-0.05, 0) is 61.2 Å². The molecule has 0 aromatic carbocycles. The smallest absolute Gasteiger partial charge is 0.289 e. The standard InChI is InChI=1S/C16H20BrN3O2/c1-11-15(17)12(2)20(18-11)10-13-6-7-14(22-13)16(21)19-8-4-3-5-9-19/h6-7H,3-5,8-10H2,1-2H3. The first-order valence-electron chi connectivity index (χ1n) is 7.64. The highest BCUT2D eigenvalue weighted by atomic mass is 79.9. The Labute approximate surface area is 138 Å². The van der Waals surface area contributed by atoms with Gasteiger partial charge in [0.1, 0.15) is 5.76 Å². The summed E-state index contributed by atoms with van der Waals surface area (Å²) in [6, 6.07) is 3.63. The minimum Gasteiger partial charge on any atom is -0.454 e. The largest absolute Gasteiger partial charge is 0.454 e. The van der Waals surface area contributed by atoms with Crippen LogP contribution in [0.5, 0.6) is 0 Å². The lowest BCUT2D eigenvalue weighted by Gasteiger charge is -2.25. The van der Waals surface area contributed by atoms with E-state index >= 15 is 0 Å². The summed E-state index contributed by atoms with van der Waals surface area (Å²) in [6.45, 7) is 6.16. The van der Waals surface area contributed by atoms with Gasteiger partial charge in [-0.3, -0.25) is 9.48 Å². The van der Waals surface area contributed by atoms with Crippen molar-refractivity contribution in [3.63, 3.8) is 0 Å². The number of aromatic nitrogens is 2. The number of halogens is 1. The van der Waals surface area contributed by atoms with E-state index in [2.05, 4.69) is 21.0 Å². The Bertz CT molecular complexity index is 684. The molecule has 0 radical (unpaired) electrons. The Morgan fingerprint density at radius 3 is 2.64 bits per heavy atom. The summed E-state index contributed by atoms with van der Waals surface area (Å²) in [7, 11) is 0. The van der Waals surface area contributed by atoms with E-state index in [9.17, 15) is 4.79 Å². The Balaban J connectivity index is 1.73. The Morgan fingerprint density at radius 2 is 2.00 bits per heavy atom. The molecule has 0 N–H and O–H groups in total. The third-order valence-corrected chi connectivity index (χ3v) is 5.26. The Hall–Kier alpha value is -1.56. The molecular formula is C16H20BrN3O2. The molecule has 1 amide bonds. The van der Waals surface area contributed by atoms with Gasteiger partial charge in [0, 0.05) is 13.1 Å². The van der Waals surface area contributed by atoms with Gasteiger partial charge in [0.15, 0.2) is 5.76 Å². The number of carbonyl (C=O) groups is 1. The van der Waals surface area contributed by atoms with Crippen LogP contribution >= 0.6 is 15.9 Å². The fourth-order valence-electron chi connectivity index (χ4n) is 2.81. The van der Waals surface area contributed by atoms with Crippen molar-refractivity contribution in [2.24, 2.45) is 0 Å². The third-order valence-electron chi connectivity index (χ3n) is 4.11. The van der Waals surface area contributed by atoms with Crippen molar-refractivity contribution in [2.45, 2.75) is 39.7 Å². The molecule has 3 rings (SSSR count). The average Bonchev–Trinajstić information content (AvgIpc) is 3.09. The van der Waals surface area contributed by atoms with E-state index in [-0.39, 0.29) is 5.91 Å². The minimum absolute atomic E-state index is 0.000461. The van der Waals surface area contributed by atoms with Crippen molar-refractivity contribution < 1.29 is 9.21 Å². The maximum atomic E-state index is 12.4. The lowest BCUT2D eigenvalue weighted by atomic mass is 10.1. The van der Waals surface area contributed by atoms with Crippen molar-refractivity contribution >= 4 is 21.8 Å². The molecule has 2 aromatic heterocycles. The molecule has 118 valence electrons. The zero-order chi connectivity index (χ0) is 15.7. The van der Waals surface area contributed by atoms with Crippen LogP contribution in [0.4, 0.5) is 0 Å². The van der Waals surface area contributed by atoms with Crippen LogP contribution in [-0.4, -0.2) is 33.7 Å². The maximum absolute atomic E-state index is 12.4. The van der Waals surface area contributed by atoms with Crippen LogP contribution in [0.25, 0.3) is 0 Å². The zero-order valence-corrected chi connectivity index (χ0v) is 14.5. The van der Waals surface area contributed by atoms with E-state index in [1.165, 1.54) is 6.42 Å². The number of nitrogens with zero attached hydrogens (tertiary/aromatic N) is 3. The predicted octanol–water partition coefficient (Wildman–Crippen LogP) is 3.53. The van der Waals surface area contributed by atoms with Crippen LogP contribution in [-0.2, 0) is 6.54 Å². The van der Waals surface area contributed by atoms with Gasteiger partial charge in [0.25, 0.3) is 5.91 Å². The number of amides is 1. The minimum atomic E-state index is 0.000461. The molecule has 5 nitrogen and oxygen atoms in total. The molecule has 0 spiro atoms. The highest BCUT2D eigenvalue weighted by molar-refractivity contribution is 9.10. The fraction of sp³-hybridized carbons (Fsp3) is 0.500. The number of likely N-dealkylation sites (tertiary alicyclic amines) is 1. The maximum Gasteiger partial charge on any atom is 0.289 e. The first kappa shape index (κ1) is 15.3. The summed E-state index contributed by atoms with van der Waals surface area (Å²) < 4.78 is 8.64. The highest BCUT2D eigenvalue weighted by Crippen LogP contribution is 2.21. The molecule has 2 aromatic rings. The zero-order valence-electron chi connectivity index (χ0n) is 12.9. The lowest BCUT2D eigenvalue weighted by Crippen LogP contribution is -2.35. The van der Waals surface area contributed by atoms with E-state index in [1.54, 1.807) is 6.07 Å². The number of piperidine rings is 1. The Kier molecular flexibility index (Phi) is 4.38. The molecule has 1 saturated heterocycles. The topological polar surface area (TPSA) is 51.3 Å². The van der Waals surface area contributed by atoms with E-state index < -0.39 is 0 Å². The molecule has 0 unspecified atom stereocenters. The van der Waals surface area contributed by atoms with E-state index in [0.717, 1.165) is 47.6 Å². The summed E-state index contributed by atoms with van der Waals surface area (Å²) in [5.74, 6) is 1.18. The normalized spacial score (nSPS) is 15.3. The highest BCUT2D eigenvalue weighted by Gasteiger charge is 2.21. The van der Waals surface area contributed by atoms with E-state index in [1.807, 2.05) is 29.5 Å². The molecule has 1 aliphatic rings.